The second kappa shape index (κ2) is 8.19. The highest BCUT2D eigenvalue weighted by atomic mass is 127. The molecule has 2 aromatic heterocycles. The molecule has 5 rings (SSSR count). The predicted octanol–water partition coefficient (Wildman–Crippen LogP) is 5.08. The van der Waals surface area contributed by atoms with Gasteiger partial charge in [-0.2, -0.15) is 10.1 Å². The van der Waals surface area contributed by atoms with Crippen LogP contribution >= 0.6 is 22.6 Å². The van der Waals surface area contributed by atoms with E-state index in [0.717, 1.165) is 31.2 Å². The van der Waals surface area contributed by atoms with Gasteiger partial charge in [0.25, 0.3) is 5.95 Å². The Balaban J connectivity index is 1.52. The zero-order valence-corrected chi connectivity index (χ0v) is 18.1. The van der Waals surface area contributed by atoms with Crippen LogP contribution in [0.25, 0.3) is 22.1 Å². The van der Waals surface area contributed by atoms with Crippen molar-refractivity contribution in [2.75, 3.05) is 5.43 Å². The number of aromatic nitrogens is 4. The minimum absolute atomic E-state index is 0.362. The van der Waals surface area contributed by atoms with Crippen LogP contribution in [0.4, 0.5) is 5.95 Å². The van der Waals surface area contributed by atoms with E-state index >= 15 is 0 Å². The number of nitrogens with one attached hydrogen (secondary N) is 1. The number of para-hydroxylation sites is 1. The summed E-state index contributed by atoms with van der Waals surface area (Å²) in [7, 11) is 0. The third kappa shape index (κ3) is 3.76. The Morgan fingerprint density at radius 2 is 1.77 bits per heavy atom. The highest BCUT2D eigenvalue weighted by molar-refractivity contribution is 14.1. The van der Waals surface area contributed by atoms with Gasteiger partial charge in [-0.1, -0.05) is 60.7 Å². The van der Waals surface area contributed by atoms with Gasteiger partial charge in [0.15, 0.2) is 5.65 Å². The molecule has 0 unspecified atom stereocenters. The lowest BCUT2D eigenvalue weighted by atomic mass is 10.2. The average Bonchev–Trinajstić information content (AvgIpc) is 3.08. The van der Waals surface area contributed by atoms with Crippen LogP contribution < -0.4 is 5.43 Å². The number of benzene rings is 3. The van der Waals surface area contributed by atoms with Crippen molar-refractivity contribution in [3.63, 3.8) is 0 Å². The molecule has 0 aliphatic rings. The van der Waals surface area contributed by atoms with Crippen LogP contribution in [0.1, 0.15) is 11.1 Å². The van der Waals surface area contributed by atoms with Gasteiger partial charge in [0.2, 0.25) is 0 Å². The first-order valence-electron chi connectivity index (χ1n) is 9.48. The Morgan fingerprint density at radius 1 is 0.933 bits per heavy atom. The van der Waals surface area contributed by atoms with E-state index in [-0.39, 0.29) is 0 Å². The molecule has 6 nitrogen and oxygen atoms in total. The van der Waals surface area contributed by atoms with Crippen LogP contribution in [0, 0.1) is 3.57 Å². The van der Waals surface area contributed by atoms with Crippen molar-refractivity contribution in [3.05, 3.63) is 93.6 Å². The average molecular weight is 504 g/mol. The van der Waals surface area contributed by atoms with Crippen molar-refractivity contribution in [2.24, 2.45) is 5.10 Å². The van der Waals surface area contributed by atoms with Gasteiger partial charge < -0.3 is 4.57 Å². The lowest BCUT2D eigenvalue weighted by Gasteiger charge is -2.07. The van der Waals surface area contributed by atoms with Gasteiger partial charge in [0.05, 0.1) is 11.7 Å². The molecule has 0 amide bonds. The van der Waals surface area contributed by atoms with Crippen LogP contribution in [0.2, 0.25) is 0 Å². The molecule has 146 valence electrons. The maximum atomic E-state index is 4.72. The molecule has 0 saturated carbocycles. The molecule has 0 atom stereocenters. The molecule has 0 fully saturated rings. The second-order valence-electron chi connectivity index (χ2n) is 6.82. The summed E-state index contributed by atoms with van der Waals surface area (Å²) >= 11 is 2.28. The summed E-state index contributed by atoms with van der Waals surface area (Å²) in [4.78, 5) is 4.72. The zero-order chi connectivity index (χ0) is 20.3. The summed E-state index contributed by atoms with van der Waals surface area (Å²) in [6, 6.07) is 26.6. The van der Waals surface area contributed by atoms with Crippen molar-refractivity contribution < 1.29 is 0 Å². The van der Waals surface area contributed by atoms with E-state index < -0.39 is 0 Å². The molecule has 2 heterocycles. The molecule has 1 N–H and O–H groups in total. The van der Waals surface area contributed by atoms with Crippen molar-refractivity contribution >= 4 is 56.8 Å². The number of anilines is 1. The molecule has 0 bridgehead atoms. The van der Waals surface area contributed by atoms with Crippen LogP contribution in [0.3, 0.4) is 0 Å². The maximum Gasteiger partial charge on any atom is 0.265 e. The summed E-state index contributed by atoms with van der Waals surface area (Å²) in [5.74, 6) is 0.362. The minimum atomic E-state index is 0.362. The molecule has 7 heteroatoms. The molecular formula is C23H17IN6. The molecule has 0 aliphatic heterocycles. The highest BCUT2D eigenvalue weighted by Crippen LogP contribution is 2.27. The number of nitrogens with zero attached hydrogens (tertiary/aromatic N) is 5. The first-order chi connectivity index (χ1) is 14.8. The molecule has 30 heavy (non-hydrogen) atoms. The second-order valence-corrected chi connectivity index (χ2v) is 8.07. The number of halogens is 1. The van der Waals surface area contributed by atoms with Crippen LogP contribution in [-0.4, -0.2) is 26.0 Å². The highest BCUT2D eigenvalue weighted by Gasteiger charge is 2.14. The monoisotopic (exact) mass is 504 g/mol. The fourth-order valence-electron chi connectivity index (χ4n) is 3.43. The van der Waals surface area contributed by atoms with E-state index in [2.05, 4.69) is 72.1 Å². The van der Waals surface area contributed by atoms with Gasteiger partial charge in [-0.25, -0.2) is 5.43 Å². The molecular weight excluding hydrogens is 487 g/mol. The maximum absolute atomic E-state index is 4.72. The summed E-state index contributed by atoms with van der Waals surface area (Å²) in [6.07, 6.45) is 1.75. The quantitative estimate of drug-likeness (QED) is 0.206. The number of hydrazone groups is 1. The Kier molecular flexibility index (Phi) is 5.10. The van der Waals surface area contributed by atoms with E-state index in [0.29, 0.717) is 12.5 Å². The molecule has 0 aliphatic carbocycles. The van der Waals surface area contributed by atoms with E-state index in [1.165, 1.54) is 5.56 Å². The Bertz CT molecular complexity index is 1360. The SMILES string of the molecule is Ic1cccc(/C=N\Nc2nnc3c4ccccc4n(Cc4ccccc4)c3n2)c1. The van der Waals surface area contributed by atoms with E-state index in [4.69, 9.17) is 4.98 Å². The van der Waals surface area contributed by atoms with Gasteiger partial charge in [0, 0.05) is 15.5 Å². The lowest BCUT2D eigenvalue weighted by molar-refractivity contribution is 0.848. The van der Waals surface area contributed by atoms with E-state index in [1.54, 1.807) is 6.21 Å². The van der Waals surface area contributed by atoms with Crippen molar-refractivity contribution in [1.29, 1.82) is 0 Å². The van der Waals surface area contributed by atoms with Gasteiger partial charge in [-0.15, -0.1) is 10.2 Å². The summed E-state index contributed by atoms with van der Waals surface area (Å²) < 4.78 is 3.32. The predicted molar refractivity (Wildman–Crippen MR) is 129 cm³/mol. The third-order valence-electron chi connectivity index (χ3n) is 4.78. The topological polar surface area (TPSA) is 68.0 Å². The fraction of sp³-hybridized carbons (Fsp3) is 0.0435. The standard InChI is InChI=1S/C23H17IN6/c24-18-10-6-9-17(13-18)14-25-28-23-26-22-21(27-29-23)19-11-4-5-12-20(19)30(22)15-16-7-2-1-3-8-16/h1-14H,15H2,(H,26,28,29)/b25-14-. The molecule has 0 spiro atoms. The third-order valence-corrected chi connectivity index (χ3v) is 5.46. The summed E-state index contributed by atoms with van der Waals surface area (Å²) in [5, 5.41) is 14.0. The van der Waals surface area contributed by atoms with Crippen LogP contribution in [0.15, 0.2) is 84.0 Å². The zero-order valence-electron chi connectivity index (χ0n) is 15.9. The molecule has 5 aromatic rings. The van der Waals surface area contributed by atoms with Gasteiger partial charge in [-0.05, 0) is 51.9 Å². The van der Waals surface area contributed by atoms with E-state index in [1.807, 2.05) is 54.6 Å². The van der Waals surface area contributed by atoms with Crippen molar-refractivity contribution in [1.82, 2.24) is 19.7 Å². The summed E-state index contributed by atoms with van der Waals surface area (Å²) in [6.45, 7) is 0.703. The minimum Gasteiger partial charge on any atom is -0.319 e. The Hall–Kier alpha value is -3.33. The van der Waals surface area contributed by atoms with Crippen LogP contribution in [-0.2, 0) is 6.54 Å². The smallest absolute Gasteiger partial charge is 0.265 e. The largest absolute Gasteiger partial charge is 0.319 e. The van der Waals surface area contributed by atoms with Crippen molar-refractivity contribution in [3.8, 4) is 0 Å². The van der Waals surface area contributed by atoms with Gasteiger partial charge in [0.1, 0.15) is 5.52 Å². The van der Waals surface area contributed by atoms with Gasteiger partial charge >= 0.3 is 0 Å². The normalized spacial score (nSPS) is 11.5. The molecule has 0 radical (unpaired) electrons. The molecule has 3 aromatic carbocycles. The number of hydrogen-bond donors (Lipinski definition) is 1. The van der Waals surface area contributed by atoms with Crippen LogP contribution in [0.5, 0.6) is 0 Å². The fourth-order valence-corrected chi connectivity index (χ4v) is 4.00. The first-order valence-corrected chi connectivity index (χ1v) is 10.6. The molecule has 0 saturated heterocycles. The van der Waals surface area contributed by atoms with E-state index in [9.17, 15) is 0 Å². The lowest BCUT2D eigenvalue weighted by Crippen LogP contribution is -2.04. The van der Waals surface area contributed by atoms with Gasteiger partial charge in [-0.3, -0.25) is 0 Å². The number of fused-ring (bicyclic) bond motifs is 3. The van der Waals surface area contributed by atoms with Crippen molar-refractivity contribution in [2.45, 2.75) is 6.54 Å². The number of hydrogen-bond acceptors (Lipinski definition) is 5. The first kappa shape index (κ1) is 18.7. The Labute approximate surface area is 186 Å². The number of rotatable bonds is 5. The summed E-state index contributed by atoms with van der Waals surface area (Å²) in [5.41, 5.74) is 7.76. The Morgan fingerprint density at radius 3 is 2.63 bits per heavy atom.